The molecule has 8 heteroatoms. The number of hydrogen-bond acceptors (Lipinski definition) is 3. The van der Waals surface area contributed by atoms with E-state index >= 15 is 0 Å². The molecule has 1 aromatic rings. The minimum Gasteiger partial charge on any atom is -0.496 e. The molecule has 3 nitrogen and oxygen atoms in total. The van der Waals surface area contributed by atoms with Crippen molar-refractivity contribution in [3.8, 4) is 5.75 Å². The summed E-state index contributed by atoms with van der Waals surface area (Å²) in [6.07, 6.45) is 0.270. The van der Waals surface area contributed by atoms with Crippen LogP contribution >= 0.6 is 0 Å². The van der Waals surface area contributed by atoms with Crippen molar-refractivity contribution in [1.82, 2.24) is 0 Å². The molecule has 0 bridgehead atoms. The van der Waals surface area contributed by atoms with Gasteiger partial charge in [-0.25, -0.2) is 0 Å². The van der Waals surface area contributed by atoms with Gasteiger partial charge in [0.05, 0.1) is 25.9 Å². The fourth-order valence-electron chi connectivity index (χ4n) is 1.99. The molecule has 0 aliphatic carbocycles. The monoisotopic (exact) mass is 298 g/mol. The third kappa shape index (κ3) is 3.98. The van der Waals surface area contributed by atoms with Gasteiger partial charge in [0.2, 0.25) is 0 Å². The number of carbonyl (C=O) groups excluding carboxylic acids is 1. The average Bonchev–Trinajstić information content (AvgIpc) is 2.74. The first-order chi connectivity index (χ1) is 8.41. The molecule has 0 spiro atoms. The first-order valence-corrected chi connectivity index (χ1v) is 5.47. The van der Waals surface area contributed by atoms with Crippen molar-refractivity contribution >= 4 is 18.4 Å². The summed E-state index contributed by atoms with van der Waals surface area (Å²) in [7, 11) is 1.20. The van der Waals surface area contributed by atoms with Crippen LogP contribution < -0.4 is 61.6 Å². The fourth-order valence-corrected chi connectivity index (χ4v) is 1.99. The van der Waals surface area contributed by atoms with Crippen molar-refractivity contribution < 1.29 is 78.6 Å². The van der Waals surface area contributed by atoms with Crippen molar-refractivity contribution in [1.29, 1.82) is 0 Å². The number of fused-ring (bicyclic) bond motifs is 1. The van der Waals surface area contributed by atoms with Crippen LogP contribution in [-0.4, -0.2) is 26.7 Å². The van der Waals surface area contributed by atoms with Crippen LogP contribution in [0, 0.1) is 0 Å². The molecule has 98 valence electrons. The molecule has 1 aliphatic heterocycles. The fraction of sp³-hybridized carbons (Fsp3) is 0.364. The molecule has 0 unspecified atom stereocenters. The smallest absolute Gasteiger partial charge is 0.496 e. The Morgan fingerprint density at radius 3 is 2.68 bits per heavy atom. The predicted molar refractivity (Wildman–Crippen MR) is 60.1 cm³/mol. The first-order valence-electron chi connectivity index (χ1n) is 5.47. The van der Waals surface area contributed by atoms with E-state index < -0.39 is 18.4 Å². The molecule has 0 saturated heterocycles. The number of benzene rings is 1. The maximum atomic E-state index is 12.9. The second-order valence-corrected chi connectivity index (χ2v) is 4.10. The number of carbonyl (C=O) groups is 1. The summed E-state index contributed by atoms with van der Waals surface area (Å²) >= 11 is 0. The second-order valence-electron chi connectivity index (χ2n) is 4.10. The minimum atomic E-state index is -5.15. The average molecular weight is 298 g/mol. The van der Waals surface area contributed by atoms with Crippen molar-refractivity contribution in [3.05, 3.63) is 23.3 Å². The van der Waals surface area contributed by atoms with Gasteiger partial charge >= 0.3 is 64.3 Å². The van der Waals surface area contributed by atoms with E-state index in [0.717, 1.165) is 6.07 Å². The Morgan fingerprint density at radius 1 is 1.42 bits per heavy atom. The van der Waals surface area contributed by atoms with Crippen LogP contribution in [0.25, 0.3) is 0 Å². The zero-order chi connectivity index (χ0) is 13.3. The van der Waals surface area contributed by atoms with Gasteiger partial charge in [0.25, 0.3) is 0 Å². The van der Waals surface area contributed by atoms with Gasteiger partial charge in [-0.1, -0.05) is 17.6 Å². The van der Waals surface area contributed by atoms with Gasteiger partial charge < -0.3 is 22.4 Å². The number of ether oxygens (including phenoxy) is 2. The van der Waals surface area contributed by atoms with Crippen LogP contribution in [0.3, 0.4) is 0 Å². The zero-order valence-corrected chi connectivity index (χ0v) is 13.8. The van der Waals surface area contributed by atoms with Crippen molar-refractivity contribution in [2.45, 2.75) is 12.8 Å². The summed E-state index contributed by atoms with van der Waals surface area (Å²) in [5.74, 6) is -0.648. The van der Waals surface area contributed by atoms with E-state index in [1.165, 1.54) is 7.11 Å². The molecule has 1 heterocycles. The molecule has 19 heavy (non-hydrogen) atoms. The van der Waals surface area contributed by atoms with E-state index in [0.29, 0.717) is 17.5 Å². The molecule has 0 N–H and O–H groups in total. The number of hydrogen-bond donors (Lipinski definition) is 0. The van der Waals surface area contributed by atoms with E-state index in [9.17, 15) is 17.7 Å². The van der Waals surface area contributed by atoms with E-state index in [1.807, 2.05) is 0 Å². The van der Waals surface area contributed by atoms with Crippen LogP contribution in [-0.2, 0) is 22.4 Å². The SMILES string of the molecule is COC(=O)Cc1cc2c(c([B-](F)(F)F)c1)OCC2.[K+]. The summed E-state index contributed by atoms with van der Waals surface area (Å²) in [6.45, 7) is -4.90. The van der Waals surface area contributed by atoms with Gasteiger partial charge in [-0.05, 0) is 11.1 Å². The van der Waals surface area contributed by atoms with Crippen LogP contribution in [0.15, 0.2) is 12.1 Å². The molecule has 0 atom stereocenters. The molecule has 1 aliphatic rings. The standard InChI is InChI=1S/C11H11BF3O3.K/c1-17-10(16)6-7-4-8-2-3-18-11(8)9(5-7)12(13,14)15;/h4-5H,2-3,6H2,1H3;/q-1;+1. The van der Waals surface area contributed by atoms with Crippen LogP contribution in [0.1, 0.15) is 11.1 Å². The van der Waals surface area contributed by atoms with Gasteiger partial charge in [0.15, 0.2) is 0 Å². The topological polar surface area (TPSA) is 35.5 Å². The maximum Gasteiger partial charge on any atom is 1.00 e. The van der Waals surface area contributed by atoms with Gasteiger partial charge in [-0.15, -0.1) is 0 Å². The number of esters is 1. The molecule has 0 amide bonds. The van der Waals surface area contributed by atoms with Gasteiger partial charge in [0, 0.05) is 6.42 Å². The number of halogens is 3. The van der Waals surface area contributed by atoms with Crippen LogP contribution in [0.2, 0.25) is 0 Å². The predicted octanol–water partition coefficient (Wildman–Crippen LogP) is -1.60. The molecular formula is C11H11BF3KO3. The molecular weight excluding hydrogens is 287 g/mol. The second kappa shape index (κ2) is 6.62. The number of rotatable bonds is 3. The summed E-state index contributed by atoms with van der Waals surface area (Å²) in [5, 5.41) is 0. The molecule has 1 aromatic carbocycles. The van der Waals surface area contributed by atoms with Crippen molar-refractivity contribution in [2.75, 3.05) is 13.7 Å². The van der Waals surface area contributed by atoms with E-state index in [2.05, 4.69) is 4.74 Å². The Bertz CT molecular complexity index is 491. The third-order valence-electron chi connectivity index (χ3n) is 2.80. The maximum absolute atomic E-state index is 12.9. The summed E-state index contributed by atoms with van der Waals surface area (Å²) in [5.41, 5.74) is 0.0507. The molecule has 0 saturated carbocycles. The largest absolute Gasteiger partial charge is 1.00 e. The van der Waals surface area contributed by atoms with E-state index in [1.54, 1.807) is 6.07 Å². The Kier molecular flexibility index (Phi) is 5.94. The Balaban J connectivity index is 0.00000180. The van der Waals surface area contributed by atoms with E-state index in [4.69, 9.17) is 4.74 Å². The van der Waals surface area contributed by atoms with Gasteiger partial charge in [-0.3, -0.25) is 4.79 Å². The Labute approximate surface area is 151 Å². The summed E-state index contributed by atoms with van der Waals surface area (Å²) < 4.78 is 48.2. The molecule has 0 aromatic heterocycles. The summed E-state index contributed by atoms with van der Waals surface area (Å²) in [4.78, 5) is 11.1. The Hall–Kier alpha value is -0.0187. The normalized spacial score (nSPS) is 13.3. The van der Waals surface area contributed by atoms with Crippen LogP contribution in [0.4, 0.5) is 12.9 Å². The quantitative estimate of drug-likeness (QED) is 0.498. The van der Waals surface area contributed by atoms with Crippen molar-refractivity contribution in [3.63, 3.8) is 0 Å². The molecule has 0 fully saturated rings. The van der Waals surface area contributed by atoms with E-state index in [-0.39, 0.29) is 70.2 Å². The van der Waals surface area contributed by atoms with Gasteiger partial charge in [-0.2, -0.15) is 0 Å². The van der Waals surface area contributed by atoms with Crippen molar-refractivity contribution in [2.24, 2.45) is 0 Å². The number of methoxy groups -OCH3 is 1. The molecule has 0 radical (unpaired) electrons. The Morgan fingerprint density at radius 2 is 2.11 bits per heavy atom. The minimum absolute atomic E-state index is 0. The zero-order valence-electron chi connectivity index (χ0n) is 10.7. The van der Waals surface area contributed by atoms with Crippen LogP contribution in [0.5, 0.6) is 5.75 Å². The molecule has 2 rings (SSSR count). The third-order valence-corrected chi connectivity index (χ3v) is 2.80. The first kappa shape index (κ1) is 17.0. The summed E-state index contributed by atoms with van der Waals surface area (Å²) in [6, 6.07) is 2.55. The van der Waals surface area contributed by atoms with Gasteiger partial charge in [0.1, 0.15) is 0 Å².